The van der Waals surface area contributed by atoms with Crippen LogP contribution in [0.4, 0.5) is 0 Å². The molecule has 2 aliphatic rings. The van der Waals surface area contributed by atoms with E-state index < -0.39 is 0 Å². The third-order valence-electron chi connectivity index (χ3n) is 5.43. The Labute approximate surface area is 147 Å². The Morgan fingerprint density at radius 3 is 3.04 bits per heavy atom. The number of ether oxygens (including phenoxy) is 1. The molecule has 1 aliphatic carbocycles. The number of likely N-dealkylation sites (tertiary alicyclic amines) is 1. The number of carbonyl (C=O) groups excluding carboxylic acids is 1. The molecule has 0 radical (unpaired) electrons. The number of H-pyrrole nitrogens is 1. The maximum Gasteiger partial charge on any atom is 0.274 e. The van der Waals surface area contributed by atoms with E-state index in [0.717, 1.165) is 30.5 Å². The van der Waals surface area contributed by atoms with Crippen molar-refractivity contribution < 1.29 is 9.53 Å². The predicted molar refractivity (Wildman–Crippen MR) is 92.4 cm³/mol. The van der Waals surface area contributed by atoms with Crippen molar-refractivity contribution in [2.75, 3.05) is 26.3 Å². The van der Waals surface area contributed by atoms with Crippen molar-refractivity contribution in [3.05, 3.63) is 34.9 Å². The van der Waals surface area contributed by atoms with Crippen LogP contribution in [0, 0.1) is 5.92 Å². The first-order valence-electron chi connectivity index (χ1n) is 9.09. The highest BCUT2D eigenvalue weighted by Crippen LogP contribution is 2.34. The molecule has 2 atom stereocenters. The number of fused-ring (bicyclic) bond motifs is 1. The van der Waals surface area contributed by atoms with E-state index in [4.69, 9.17) is 4.74 Å². The van der Waals surface area contributed by atoms with Crippen molar-refractivity contribution in [2.24, 2.45) is 13.0 Å². The molecule has 0 bridgehead atoms. The average Bonchev–Trinajstić information content (AvgIpc) is 3.35. The molecular weight excluding hydrogens is 318 g/mol. The summed E-state index contributed by atoms with van der Waals surface area (Å²) in [6, 6.07) is 0. The molecule has 3 heterocycles. The van der Waals surface area contributed by atoms with E-state index in [2.05, 4.69) is 15.3 Å². The van der Waals surface area contributed by atoms with Crippen LogP contribution >= 0.6 is 0 Å². The van der Waals surface area contributed by atoms with Crippen molar-refractivity contribution >= 4 is 5.91 Å². The number of carbonyl (C=O) groups is 1. The number of hydrogen-bond acceptors (Lipinski definition) is 4. The largest absolute Gasteiger partial charge is 0.381 e. The molecule has 0 aromatic carbocycles. The number of rotatable bonds is 5. The first-order chi connectivity index (χ1) is 12.2. The topological polar surface area (TPSA) is 76.0 Å². The van der Waals surface area contributed by atoms with E-state index in [1.807, 2.05) is 35.9 Å². The summed E-state index contributed by atoms with van der Waals surface area (Å²) in [6.07, 6.45) is 7.01. The number of aromatic nitrogens is 4. The summed E-state index contributed by atoms with van der Waals surface area (Å²) in [7, 11) is 1.92. The molecular formula is C18H25N5O2. The number of nitrogens with one attached hydrogen (secondary N) is 1. The van der Waals surface area contributed by atoms with Gasteiger partial charge in [0.1, 0.15) is 0 Å². The third-order valence-corrected chi connectivity index (χ3v) is 5.43. The van der Waals surface area contributed by atoms with E-state index in [1.54, 1.807) is 0 Å². The smallest absolute Gasteiger partial charge is 0.274 e. The Bertz CT molecular complexity index is 765. The van der Waals surface area contributed by atoms with Gasteiger partial charge in [0.15, 0.2) is 5.69 Å². The normalized spacial score (nSPS) is 22.6. The van der Waals surface area contributed by atoms with Gasteiger partial charge < -0.3 is 9.64 Å². The fourth-order valence-corrected chi connectivity index (χ4v) is 4.13. The van der Waals surface area contributed by atoms with Gasteiger partial charge in [-0.2, -0.15) is 10.2 Å². The summed E-state index contributed by atoms with van der Waals surface area (Å²) in [4.78, 5) is 15.0. The molecule has 1 fully saturated rings. The van der Waals surface area contributed by atoms with E-state index in [9.17, 15) is 4.79 Å². The van der Waals surface area contributed by atoms with Crippen molar-refractivity contribution in [2.45, 2.75) is 32.1 Å². The fourth-order valence-electron chi connectivity index (χ4n) is 4.13. The SMILES string of the molecule is CCOC[C@@H]1CN(C(=O)c2n[nH]c3c2CCC3)C[C@H]1c1cnn(C)c1. The van der Waals surface area contributed by atoms with Gasteiger partial charge in [-0.1, -0.05) is 0 Å². The summed E-state index contributed by atoms with van der Waals surface area (Å²) in [5, 5.41) is 11.7. The van der Waals surface area contributed by atoms with Crippen molar-refractivity contribution in [1.29, 1.82) is 0 Å². The van der Waals surface area contributed by atoms with Crippen LogP contribution in [-0.4, -0.2) is 57.1 Å². The lowest BCUT2D eigenvalue weighted by atomic mass is 9.92. The number of aryl methyl sites for hydroxylation is 2. The third kappa shape index (κ3) is 2.97. The maximum absolute atomic E-state index is 13.1. The van der Waals surface area contributed by atoms with Gasteiger partial charge >= 0.3 is 0 Å². The Kier molecular flexibility index (Phi) is 4.33. The van der Waals surface area contributed by atoms with Gasteiger partial charge in [-0.05, 0) is 31.7 Å². The van der Waals surface area contributed by atoms with Crippen LogP contribution in [0.2, 0.25) is 0 Å². The highest BCUT2D eigenvalue weighted by atomic mass is 16.5. The van der Waals surface area contributed by atoms with Crippen molar-refractivity contribution in [3.8, 4) is 0 Å². The first-order valence-corrected chi connectivity index (χ1v) is 9.09. The highest BCUT2D eigenvalue weighted by molar-refractivity contribution is 5.94. The van der Waals surface area contributed by atoms with Gasteiger partial charge in [-0.15, -0.1) is 0 Å². The molecule has 4 rings (SSSR count). The summed E-state index contributed by atoms with van der Waals surface area (Å²) in [6.45, 7) is 4.77. The van der Waals surface area contributed by atoms with Crippen molar-refractivity contribution in [1.82, 2.24) is 24.9 Å². The van der Waals surface area contributed by atoms with Gasteiger partial charge in [0, 0.05) is 56.0 Å². The van der Waals surface area contributed by atoms with E-state index in [-0.39, 0.29) is 11.8 Å². The average molecular weight is 343 g/mol. The molecule has 134 valence electrons. The van der Waals surface area contributed by atoms with Gasteiger partial charge in [-0.25, -0.2) is 0 Å². The van der Waals surface area contributed by atoms with Crippen LogP contribution in [0.1, 0.15) is 46.6 Å². The molecule has 1 amide bonds. The minimum atomic E-state index is 0.0484. The molecule has 7 heteroatoms. The lowest BCUT2D eigenvalue weighted by molar-refractivity contribution is 0.0756. The maximum atomic E-state index is 13.1. The quantitative estimate of drug-likeness (QED) is 0.893. The molecule has 0 spiro atoms. The Balaban J connectivity index is 1.55. The van der Waals surface area contributed by atoms with Gasteiger partial charge in [0.25, 0.3) is 5.91 Å². The zero-order valence-corrected chi connectivity index (χ0v) is 14.9. The highest BCUT2D eigenvalue weighted by Gasteiger charge is 2.38. The molecule has 0 unspecified atom stereocenters. The molecule has 1 N–H and O–H groups in total. The zero-order chi connectivity index (χ0) is 17.4. The van der Waals surface area contributed by atoms with Gasteiger partial charge in [-0.3, -0.25) is 14.6 Å². The summed E-state index contributed by atoms with van der Waals surface area (Å²) in [5.41, 5.74) is 4.05. The molecule has 1 saturated heterocycles. The summed E-state index contributed by atoms with van der Waals surface area (Å²) in [5.74, 6) is 0.601. The second-order valence-corrected chi connectivity index (χ2v) is 7.07. The standard InChI is InChI=1S/C18H25N5O2/c1-3-25-11-13-9-23(10-15(13)12-7-19-22(2)8-12)18(24)17-14-5-4-6-16(14)20-21-17/h7-8,13,15H,3-6,9-11H2,1-2H3,(H,20,21)/t13-,15-/m0/s1. The number of nitrogens with zero attached hydrogens (tertiary/aromatic N) is 4. The van der Waals surface area contributed by atoms with E-state index >= 15 is 0 Å². The second kappa shape index (κ2) is 6.63. The van der Waals surface area contributed by atoms with Crippen LogP contribution in [0.3, 0.4) is 0 Å². The van der Waals surface area contributed by atoms with Crippen LogP contribution < -0.4 is 0 Å². The summed E-state index contributed by atoms with van der Waals surface area (Å²) < 4.78 is 7.50. The zero-order valence-electron chi connectivity index (χ0n) is 14.9. The van der Waals surface area contributed by atoms with Crippen LogP contribution in [-0.2, 0) is 24.6 Å². The minimum absolute atomic E-state index is 0.0484. The molecule has 1 aliphatic heterocycles. The summed E-state index contributed by atoms with van der Waals surface area (Å²) >= 11 is 0. The Morgan fingerprint density at radius 1 is 1.40 bits per heavy atom. The molecule has 25 heavy (non-hydrogen) atoms. The molecule has 2 aromatic heterocycles. The lowest BCUT2D eigenvalue weighted by Gasteiger charge is -2.16. The fraction of sp³-hybridized carbons (Fsp3) is 0.611. The lowest BCUT2D eigenvalue weighted by Crippen LogP contribution is -2.30. The first kappa shape index (κ1) is 16.3. The number of amides is 1. The second-order valence-electron chi connectivity index (χ2n) is 7.07. The minimum Gasteiger partial charge on any atom is -0.381 e. The molecule has 0 saturated carbocycles. The van der Waals surface area contributed by atoms with Gasteiger partial charge in [0.05, 0.1) is 12.8 Å². The van der Waals surface area contributed by atoms with Crippen LogP contribution in [0.5, 0.6) is 0 Å². The number of hydrogen-bond donors (Lipinski definition) is 1. The molecule has 7 nitrogen and oxygen atoms in total. The van der Waals surface area contributed by atoms with E-state index in [0.29, 0.717) is 37.9 Å². The molecule has 2 aromatic rings. The predicted octanol–water partition coefficient (Wildman–Crippen LogP) is 1.52. The van der Waals surface area contributed by atoms with Crippen molar-refractivity contribution in [3.63, 3.8) is 0 Å². The van der Waals surface area contributed by atoms with Crippen LogP contribution in [0.25, 0.3) is 0 Å². The Morgan fingerprint density at radius 2 is 2.28 bits per heavy atom. The number of aromatic amines is 1. The van der Waals surface area contributed by atoms with Gasteiger partial charge in [0.2, 0.25) is 0 Å². The Hall–Kier alpha value is -2.15. The van der Waals surface area contributed by atoms with Crippen LogP contribution in [0.15, 0.2) is 12.4 Å². The van der Waals surface area contributed by atoms with E-state index in [1.165, 1.54) is 5.56 Å². The monoisotopic (exact) mass is 343 g/mol.